The highest BCUT2D eigenvalue weighted by Gasteiger charge is 2.14. The molecule has 1 aromatic carbocycles. The first-order valence-corrected chi connectivity index (χ1v) is 9.57. The van der Waals surface area contributed by atoms with Crippen molar-refractivity contribution in [2.75, 3.05) is 5.32 Å². The average molecular weight is 374 g/mol. The van der Waals surface area contributed by atoms with Crippen molar-refractivity contribution in [1.29, 1.82) is 5.26 Å². The summed E-state index contributed by atoms with van der Waals surface area (Å²) in [5.74, 6) is 0.595. The van der Waals surface area contributed by atoms with Gasteiger partial charge in [0.2, 0.25) is 5.95 Å². The second-order valence-corrected chi connectivity index (χ2v) is 7.21. The molecule has 6 nitrogen and oxygen atoms in total. The van der Waals surface area contributed by atoms with Gasteiger partial charge in [0.05, 0.1) is 40.6 Å². The summed E-state index contributed by atoms with van der Waals surface area (Å²) in [5, 5.41) is 18.7. The summed E-state index contributed by atoms with van der Waals surface area (Å²) in [5.41, 5.74) is 3.88. The molecule has 0 aliphatic heterocycles. The van der Waals surface area contributed by atoms with Gasteiger partial charge in [-0.2, -0.15) is 10.4 Å². The largest absolute Gasteiger partial charge is 0.350 e. The highest BCUT2D eigenvalue weighted by molar-refractivity contribution is 7.17. The van der Waals surface area contributed by atoms with E-state index in [2.05, 4.69) is 33.6 Å². The highest BCUT2D eigenvalue weighted by Crippen LogP contribution is 2.31. The quantitative estimate of drug-likeness (QED) is 0.532. The van der Waals surface area contributed by atoms with Crippen molar-refractivity contribution in [3.63, 3.8) is 0 Å². The fourth-order valence-electron chi connectivity index (χ4n) is 2.84. The maximum atomic E-state index is 8.91. The molecule has 27 heavy (non-hydrogen) atoms. The van der Waals surface area contributed by atoms with Crippen LogP contribution in [0.1, 0.15) is 24.9 Å². The molecular weight excluding hydrogens is 356 g/mol. The van der Waals surface area contributed by atoms with Crippen LogP contribution >= 0.6 is 11.3 Å². The molecule has 0 radical (unpaired) electrons. The monoisotopic (exact) mass is 374 g/mol. The van der Waals surface area contributed by atoms with Gasteiger partial charge in [-0.05, 0) is 23.9 Å². The van der Waals surface area contributed by atoms with Crippen molar-refractivity contribution in [2.45, 2.75) is 25.9 Å². The maximum Gasteiger partial charge on any atom is 0.224 e. The smallest absolute Gasteiger partial charge is 0.224 e. The summed E-state index contributed by atoms with van der Waals surface area (Å²) in [7, 11) is 0. The SMILES string of the molecule is CC(CC#N)n1cc(-c2nc(NCc3ccccc3)nc3ccsc23)cn1. The van der Waals surface area contributed by atoms with E-state index >= 15 is 0 Å². The molecule has 134 valence electrons. The lowest BCUT2D eigenvalue weighted by Gasteiger charge is -2.08. The lowest BCUT2D eigenvalue weighted by Crippen LogP contribution is -2.05. The van der Waals surface area contributed by atoms with Crippen LogP contribution in [-0.2, 0) is 6.54 Å². The number of nitriles is 1. The van der Waals surface area contributed by atoms with Crippen LogP contribution in [0.25, 0.3) is 21.5 Å². The lowest BCUT2D eigenvalue weighted by molar-refractivity contribution is 0.500. The Kier molecular flexibility index (Phi) is 4.81. The van der Waals surface area contributed by atoms with Gasteiger partial charge < -0.3 is 5.32 Å². The molecule has 0 amide bonds. The van der Waals surface area contributed by atoms with Crippen LogP contribution in [0, 0.1) is 11.3 Å². The number of anilines is 1. The van der Waals surface area contributed by atoms with E-state index in [9.17, 15) is 0 Å². The van der Waals surface area contributed by atoms with Crippen LogP contribution in [0.4, 0.5) is 5.95 Å². The van der Waals surface area contributed by atoms with Crippen molar-refractivity contribution >= 4 is 27.5 Å². The topological polar surface area (TPSA) is 79.4 Å². The van der Waals surface area contributed by atoms with Crippen LogP contribution in [0.2, 0.25) is 0 Å². The van der Waals surface area contributed by atoms with E-state index in [1.54, 1.807) is 17.5 Å². The average Bonchev–Trinajstić information content (AvgIpc) is 3.36. The molecule has 4 aromatic rings. The second kappa shape index (κ2) is 7.56. The molecule has 0 aliphatic rings. The fourth-order valence-corrected chi connectivity index (χ4v) is 3.68. The minimum absolute atomic E-state index is 0.0279. The van der Waals surface area contributed by atoms with E-state index in [-0.39, 0.29) is 6.04 Å². The van der Waals surface area contributed by atoms with Crippen LogP contribution in [-0.4, -0.2) is 19.7 Å². The van der Waals surface area contributed by atoms with Crippen LogP contribution in [0.5, 0.6) is 0 Å². The Labute approximate surface area is 161 Å². The third-order valence-electron chi connectivity index (χ3n) is 4.31. The van der Waals surface area contributed by atoms with Gasteiger partial charge in [-0.25, -0.2) is 9.97 Å². The number of rotatable bonds is 6. The first kappa shape index (κ1) is 17.2. The summed E-state index contributed by atoms with van der Waals surface area (Å²) in [6.45, 7) is 2.64. The minimum atomic E-state index is 0.0279. The number of hydrogen-bond donors (Lipinski definition) is 1. The van der Waals surface area contributed by atoms with Crippen molar-refractivity contribution < 1.29 is 0 Å². The van der Waals surface area contributed by atoms with E-state index in [0.717, 1.165) is 21.5 Å². The first-order chi connectivity index (χ1) is 13.2. The fraction of sp³-hybridized carbons (Fsp3) is 0.200. The summed E-state index contributed by atoms with van der Waals surface area (Å²) in [6, 6.07) is 14.4. The van der Waals surface area contributed by atoms with E-state index in [1.165, 1.54) is 5.56 Å². The molecule has 0 saturated heterocycles. The van der Waals surface area contributed by atoms with Gasteiger partial charge in [-0.1, -0.05) is 30.3 Å². The molecule has 1 unspecified atom stereocenters. The summed E-state index contributed by atoms with van der Waals surface area (Å²) >= 11 is 1.62. The van der Waals surface area contributed by atoms with Crippen molar-refractivity contribution in [3.05, 3.63) is 59.7 Å². The Morgan fingerprint density at radius 2 is 2.07 bits per heavy atom. The molecule has 3 aromatic heterocycles. The molecule has 0 spiro atoms. The van der Waals surface area contributed by atoms with Gasteiger partial charge in [0.25, 0.3) is 0 Å². The first-order valence-electron chi connectivity index (χ1n) is 8.69. The third-order valence-corrected chi connectivity index (χ3v) is 5.22. The normalized spacial score (nSPS) is 12.0. The predicted molar refractivity (Wildman–Crippen MR) is 107 cm³/mol. The Bertz CT molecular complexity index is 1090. The zero-order valence-electron chi connectivity index (χ0n) is 14.8. The molecule has 0 bridgehead atoms. The van der Waals surface area contributed by atoms with E-state index < -0.39 is 0 Å². The van der Waals surface area contributed by atoms with Crippen LogP contribution in [0.3, 0.4) is 0 Å². The summed E-state index contributed by atoms with van der Waals surface area (Å²) in [6.07, 6.45) is 4.17. The number of fused-ring (bicyclic) bond motifs is 1. The summed E-state index contributed by atoms with van der Waals surface area (Å²) < 4.78 is 2.85. The minimum Gasteiger partial charge on any atom is -0.350 e. The number of nitrogens with zero attached hydrogens (tertiary/aromatic N) is 5. The van der Waals surface area contributed by atoms with Gasteiger partial charge >= 0.3 is 0 Å². The van der Waals surface area contributed by atoms with E-state index in [4.69, 9.17) is 10.2 Å². The zero-order valence-corrected chi connectivity index (χ0v) is 15.6. The Hall–Kier alpha value is -3.24. The Morgan fingerprint density at radius 3 is 2.89 bits per heavy atom. The maximum absolute atomic E-state index is 8.91. The van der Waals surface area contributed by atoms with Gasteiger partial charge in [-0.3, -0.25) is 4.68 Å². The molecular formula is C20H18N6S. The van der Waals surface area contributed by atoms with Gasteiger partial charge in [0, 0.05) is 18.3 Å². The van der Waals surface area contributed by atoms with Crippen molar-refractivity contribution in [1.82, 2.24) is 19.7 Å². The molecule has 0 aliphatic carbocycles. The molecule has 1 atom stereocenters. The predicted octanol–water partition coefficient (Wildman–Crippen LogP) is 4.64. The number of thiophene rings is 1. The van der Waals surface area contributed by atoms with Crippen LogP contribution < -0.4 is 5.32 Å². The Morgan fingerprint density at radius 1 is 1.22 bits per heavy atom. The van der Waals surface area contributed by atoms with Gasteiger partial charge in [-0.15, -0.1) is 11.3 Å². The number of hydrogen-bond acceptors (Lipinski definition) is 6. The zero-order chi connectivity index (χ0) is 18.6. The summed E-state index contributed by atoms with van der Waals surface area (Å²) in [4.78, 5) is 9.37. The second-order valence-electron chi connectivity index (χ2n) is 6.29. The Balaban J connectivity index is 1.66. The van der Waals surface area contributed by atoms with Crippen molar-refractivity contribution in [3.8, 4) is 17.3 Å². The third kappa shape index (κ3) is 3.66. The van der Waals surface area contributed by atoms with E-state index in [1.807, 2.05) is 47.4 Å². The number of benzene rings is 1. The van der Waals surface area contributed by atoms with Crippen molar-refractivity contribution in [2.24, 2.45) is 0 Å². The molecule has 3 heterocycles. The number of nitrogens with one attached hydrogen (secondary N) is 1. The standard InChI is InChI=1S/C20H18N6S/c1-14(7-9-21)26-13-16(12-23-26)18-19-17(8-10-27-19)24-20(25-18)22-11-15-5-3-2-4-6-15/h2-6,8,10,12-14H,7,11H2,1H3,(H,22,24,25). The lowest BCUT2D eigenvalue weighted by atomic mass is 10.2. The molecule has 7 heteroatoms. The van der Waals surface area contributed by atoms with Gasteiger partial charge in [0.1, 0.15) is 0 Å². The highest BCUT2D eigenvalue weighted by atomic mass is 32.1. The molecule has 4 rings (SSSR count). The van der Waals surface area contributed by atoms with Crippen LogP contribution in [0.15, 0.2) is 54.2 Å². The van der Waals surface area contributed by atoms with E-state index in [0.29, 0.717) is 18.9 Å². The molecule has 0 saturated carbocycles. The molecule has 0 fully saturated rings. The van der Waals surface area contributed by atoms with Gasteiger partial charge in [0.15, 0.2) is 0 Å². The molecule has 1 N–H and O–H groups in total. The number of aromatic nitrogens is 4.